The summed E-state index contributed by atoms with van der Waals surface area (Å²) < 4.78 is 3.61. The Balaban J connectivity index is 1.72. The lowest BCUT2D eigenvalue weighted by Gasteiger charge is -2.15. The van der Waals surface area contributed by atoms with Gasteiger partial charge in [-0.3, -0.25) is 9.48 Å². The third-order valence-electron chi connectivity index (χ3n) is 3.21. The van der Waals surface area contributed by atoms with E-state index in [9.17, 15) is 4.79 Å². The van der Waals surface area contributed by atoms with Gasteiger partial charge in [-0.2, -0.15) is 5.10 Å². The fourth-order valence-electron chi connectivity index (χ4n) is 2.13. The summed E-state index contributed by atoms with van der Waals surface area (Å²) in [7, 11) is 0. The monoisotopic (exact) mass is 259 g/mol. The maximum absolute atomic E-state index is 12.2. The molecule has 19 heavy (non-hydrogen) atoms. The fourth-order valence-corrected chi connectivity index (χ4v) is 2.13. The van der Waals surface area contributed by atoms with Crippen molar-refractivity contribution in [1.82, 2.24) is 19.3 Å². The van der Waals surface area contributed by atoms with Crippen molar-refractivity contribution in [2.75, 3.05) is 5.32 Å². The van der Waals surface area contributed by atoms with Gasteiger partial charge in [-0.15, -0.1) is 0 Å². The molecule has 1 saturated carbocycles. The largest absolute Gasteiger partial charge is 0.361 e. The molecule has 2 heterocycles. The van der Waals surface area contributed by atoms with Gasteiger partial charge in [-0.1, -0.05) is 0 Å². The van der Waals surface area contributed by atoms with Gasteiger partial charge in [-0.05, 0) is 25.8 Å². The Hall–Kier alpha value is -2.11. The molecule has 1 fully saturated rings. The van der Waals surface area contributed by atoms with E-state index in [0.29, 0.717) is 18.4 Å². The van der Waals surface area contributed by atoms with E-state index in [2.05, 4.69) is 15.4 Å². The molecule has 1 unspecified atom stereocenters. The van der Waals surface area contributed by atoms with Crippen molar-refractivity contribution < 1.29 is 0 Å². The van der Waals surface area contributed by atoms with Gasteiger partial charge < -0.3 is 9.88 Å². The summed E-state index contributed by atoms with van der Waals surface area (Å²) in [5, 5.41) is 7.32. The molecule has 1 aliphatic carbocycles. The summed E-state index contributed by atoms with van der Waals surface area (Å²) >= 11 is 0. The van der Waals surface area contributed by atoms with Crippen LogP contribution in [0.15, 0.2) is 35.6 Å². The smallest absolute Gasteiger partial charge is 0.293 e. The van der Waals surface area contributed by atoms with E-state index in [1.54, 1.807) is 23.2 Å². The number of nitrogens with one attached hydrogen (secondary N) is 1. The minimum atomic E-state index is -0.0303. The van der Waals surface area contributed by atoms with Gasteiger partial charge in [0.15, 0.2) is 5.82 Å². The average Bonchev–Trinajstić information content (AvgIpc) is 3.10. The van der Waals surface area contributed by atoms with Crippen LogP contribution in [0.3, 0.4) is 0 Å². The number of hydrogen-bond donors (Lipinski definition) is 1. The first kappa shape index (κ1) is 12.0. The molecule has 1 aliphatic rings. The quantitative estimate of drug-likeness (QED) is 0.878. The number of anilines is 1. The van der Waals surface area contributed by atoms with Crippen LogP contribution in [0.4, 0.5) is 5.82 Å². The maximum Gasteiger partial charge on any atom is 0.293 e. The highest BCUT2D eigenvalue weighted by Gasteiger charge is 2.25. The van der Waals surface area contributed by atoms with E-state index < -0.39 is 0 Å². The molecule has 0 amide bonds. The molecule has 3 rings (SSSR count). The number of rotatable bonds is 5. The molecule has 1 N–H and O–H groups in total. The van der Waals surface area contributed by atoms with Crippen LogP contribution in [0.25, 0.3) is 0 Å². The zero-order valence-electron chi connectivity index (χ0n) is 10.9. The topological polar surface area (TPSA) is 64.7 Å². The van der Waals surface area contributed by atoms with Gasteiger partial charge >= 0.3 is 0 Å². The number of hydrogen-bond acceptors (Lipinski definition) is 4. The fraction of sp³-hybridized carbons (Fsp3) is 0.462. The highest BCUT2D eigenvalue weighted by atomic mass is 16.1. The summed E-state index contributed by atoms with van der Waals surface area (Å²) in [5.74, 6) is 0.425. The molecule has 0 spiro atoms. The van der Waals surface area contributed by atoms with E-state index in [4.69, 9.17) is 0 Å². The molecule has 2 aromatic rings. The van der Waals surface area contributed by atoms with Crippen molar-refractivity contribution in [2.24, 2.45) is 0 Å². The van der Waals surface area contributed by atoms with Crippen LogP contribution >= 0.6 is 0 Å². The van der Waals surface area contributed by atoms with E-state index in [-0.39, 0.29) is 11.6 Å². The molecule has 0 bridgehead atoms. The van der Waals surface area contributed by atoms with E-state index in [1.165, 1.54) is 0 Å². The molecule has 0 radical (unpaired) electrons. The Kier molecular flexibility index (Phi) is 3.06. The Morgan fingerprint density at radius 1 is 1.42 bits per heavy atom. The zero-order valence-corrected chi connectivity index (χ0v) is 10.9. The van der Waals surface area contributed by atoms with Crippen LogP contribution in [-0.2, 0) is 6.54 Å². The third-order valence-corrected chi connectivity index (χ3v) is 3.21. The minimum Gasteiger partial charge on any atom is -0.361 e. The highest BCUT2D eigenvalue weighted by Crippen LogP contribution is 2.33. The lowest BCUT2D eigenvalue weighted by Crippen LogP contribution is -2.29. The molecular weight excluding hydrogens is 242 g/mol. The molecule has 2 aromatic heterocycles. The van der Waals surface area contributed by atoms with E-state index in [0.717, 1.165) is 12.8 Å². The van der Waals surface area contributed by atoms with E-state index >= 15 is 0 Å². The van der Waals surface area contributed by atoms with Crippen LogP contribution in [-0.4, -0.2) is 25.4 Å². The number of nitrogens with zero attached hydrogens (tertiary/aromatic N) is 4. The van der Waals surface area contributed by atoms with Crippen molar-refractivity contribution in [3.63, 3.8) is 0 Å². The molecule has 1 atom stereocenters. The Bertz CT molecular complexity index is 600. The van der Waals surface area contributed by atoms with Crippen molar-refractivity contribution >= 4 is 5.82 Å². The lowest BCUT2D eigenvalue weighted by molar-refractivity contribution is 0.558. The van der Waals surface area contributed by atoms with Gasteiger partial charge in [0.2, 0.25) is 0 Å². The summed E-state index contributed by atoms with van der Waals surface area (Å²) in [5.41, 5.74) is -0.0303. The molecule has 0 aliphatic heterocycles. The van der Waals surface area contributed by atoms with Gasteiger partial charge in [0.1, 0.15) is 0 Å². The zero-order chi connectivity index (χ0) is 13.2. The highest BCUT2D eigenvalue weighted by molar-refractivity contribution is 5.32. The predicted molar refractivity (Wildman–Crippen MR) is 72.1 cm³/mol. The van der Waals surface area contributed by atoms with E-state index in [1.807, 2.05) is 23.9 Å². The summed E-state index contributed by atoms with van der Waals surface area (Å²) in [6, 6.07) is 2.35. The first-order chi connectivity index (χ1) is 9.24. The molecule has 6 heteroatoms. The summed E-state index contributed by atoms with van der Waals surface area (Å²) in [6.45, 7) is 2.71. The van der Waals surface area contributed by atoms with Gasteiger partial charge in [-0.25, -0.2) is 4.98 Å². The van der Waals surface area contributed by atoms with Gasteiger partial charge in [0, 0.05) is 36.9 Å². The standard InChI is InChI=1S/C13H17N5O/c1-10(9-17-7-2-5-15-17)16-12-13(19)18(8-6-14-12)11-3-4-11/h2,5-8,10-11H,3-4,9H2,1H3,(H,14,16). The van der Waals surface area contributed by atoms with Crippen molar-refractivity contribution in [1.29, 1.82) is 0 Å². The second kappa shape index (κ2) is 4.87. The van der Waals surface area contributed by atoms with Gasteiger partial charge in [0.05, 0.1) is 6.54 Å². The normalized spacial score (nSPS) is 16.3. The minimum absolute atomic E-state index is 0.0303. The predicted octanol–water partition coefficient (Wildman–Crippen LogP) is 1.28. The first-order valence-electron chi connectivity index (χ1n) is 6.55. The lowest BCUT2D eigenvalue weighted by atomic mass is 10.3. The first-order valence-corrected chi connectivity index (χ1v) is 6.55. The van der Waals surface area contributed by atoms with Crippen molar-refractivity contribution in [2.45, 2.75) is 38.4 Å². The molecular formula is C13H17N5O. The van der Waals surface area contributed by atoms with Crippen LogP contribution < -0.4 is 10.9 Å². The Morgan fingerprint density at radius 3 is 2.95 bits per heavy atom. The molecule has 0 aromatic carbocycles. The van der Waals surface area contributed by atoms with Gasteiger partial charge in [0.25, 0.3) is 5.56 Å². The molecule has 100 valence electrons. The summed E-state index contributed by atoms with van der Waals surface area (Å²) in [4.78, 5) is 16.3. The van der Waals surface area contributed by atoms with Crippen molar-refractivity contribution in [3.05, 3.63) is 41.2 Å². The Morgan fingerprint density at radius 2 is 2.26 bits per heavy atom. The average molecular weight is 259 g/mol. The Labute approximate surface area is 111 Å². The number of aromatic nitrogens is 4. The molecule has 0 saturated heterocycles. The maximum atomic E-state index is 12.2. The third kappa shape index (κ3) is 2.67. The second-order valence-corrected chi connectivity index (χ2v) is 4.99. The van der Waals surface area contributed by atoms with Crippen LogP contribution in [0, 0.1) is 0 Å². The SMILES string of the molecule is CC(Cn1cccn1)Nc1nccn(C2CC2)c1=O. The molecule has 6 nitrogen and oxygen atoms in total. The second-order valence-electron chi connectivity index (χ2n) is 4.99. The van der Waals surface area contributed by atoms with Crippen LogP contribution in [0.2, 0.25) is 0 Å². The summed E-state index contributed by atoms with van der Waals surface area (Å²) in [6.07, 6.45) is 9.27. The van der Waals surface area contributed by atoms with Crippen LogP contribution in [0.1, 0.15) is 25.8 Å². The van der Waals surface area contributed by atoms with Crippen molar-refractivity contribution in [3.8, 4) is 0 Å². The van der Waals surface area contributed by atoms with Crippen LogP contribution in [0.5, 0.6) is 0 Å².